The summed E-state index contributed by atoms with van der Waals surface area (Å²) < 4.78 is 4.86. The van der Waals surface area contributed by atoms with Gasteiger partial charge in [0, 0.05) is 6.20 Å². The van der Waals surface area contributed by atoms with Crippen LogP contribution < -0.4 is 0 Å². The van der Waals surface area contributed by atoms with Crippen LogP contribution in [0.5, 0.6) is 0 Å². The maximum atomic E-state index is 10.4. The minimum Gasteiger partial charge on any atom is -0.474 e. The van der Waals surface area contributed by atoms with E-state index in [4.69, 9.17) is 9.52 Å². The summed E-state index contributed by atoms with van der Waals surface area (Å²) in [6, 6.07) is 3.26. The largest absolute Gasteiger partial charge is 0.474 e. The third-order valence-corrected chi connectivity index (χ3v) is 1.35. The molecule has 5 heteroatoms. The van der Waals surface area contributed by atoms with Crippen molar-refractivity contribution in [3.8, 4) is 0 Å². The molecule has 5 nitrogen and oxygen atoms in total. The molecule has 0 unspecified atom stereocenters. The number of nitrogens with zero attached hydrogens (tertiary/aromatic N) is 2. The van der Waals surface area contributed by atoms with Gasteiger partial charge in [-0.3, -0.25) is 0 Å². The van der Waals surface area contributed by atoms with Gasteiger partial charge in [0.2, 0.25) is 0 Å². The molecule has 12 heavy (non-hydrogen) atoms. The third-order valence-electron chi connectivity index (χ3n) is 1.35. The van der Waals surface area contributed by atoms with Crippen molar-refractivity contribution in [2.45, 2.75) is 0 Å². The lowest BCUT2D eigenvalue weighted by Gasteiger charge is -1.79. The molecule has 0 fully saturated rings. The molecule has 60 valence electrons. The Morgan fingerprint density at radius 2 is 2.42 bits per heavy atom. The van der Waals surface area contributed by atoms with Gasteiger partial charge in [-0.05, 0) is 12.1 Å². The molecule has 0 atom stereocenters. The number of hydrogen-bond donors (Lipinski definition) is 1. The lowest BCUT2D eigenvalue weighted by atomic mass is 10.5. The fraction of sp³-hybridized carbons (Fsp3) is 0. The van der Waals surface area contributed by atoms with Gasteiger partial charge in [-0.1, -0.05) is 0 Å². The fourth-order valence-electron chi connectivity index (χ4n) is 0.860. The first kappa shape index (κ1) is 6.78. The van der Waals surface area contributed by atoms with Gasteiger partial charge in [0.1, 0.15) is 0 Å². The van der Waals surface area contributed by atoms with E-state index in [1.165, 1.54) is 6.20 Å². The summed E-state index contributed by atoms with van der Waals surface area (Å²) in [5, 5.41) is 8.50. The Labute approximate surface area is 66.7 Å². The fourth-order valence-corrected chi connectivity index (χ4v) is 0.860. The maximum absolute atomic E-state index is 10.4. The van der Waals surface area contributed by atoms with Crippen LogP contribution in [0.1, 0.15) is 10.7 Å². The first-order valence-electron chi connectivity index (χ1n) is 3.22. The van der Waals surface area contributed by atoms with Crippen LogP contribution in [0.4, 0.5) is 0 Å². The number of oxazole rings is 1. The molecule has 0 amide bonds. The predicted molar refractivity (Wildman–Crippen MR) is 38.8 cm³/mol. The molecule has 0 spiro atoms. The number of rotatable bonds is 1. The van der Waals surface area contributed by atoms with Gasteiger partial charge in [-0.15, -0.1) is 0 Å². The van der Waals surface area contributed by atoms with Gasteiger partial charge in [0.05, 0.1) is 0 Å². The Morgan fingerprint density at radius 1 is 1.58 bits per heavy atom. The van der Waals surface area contributed by atoms with Crippen molar-refractivity contribution < 1.29 is 14.3 Å². The highest BCUT2D eigenvalue weighted by molar-refractivity contribution is 5.85. The van der Waals surface area contributed by atoms with Crippen LogP contribution >= 0.6 is 0 Å². The summed E-state index contributed by atoms with van der Waals surface area (Å²) in [5.41, 5.74) is 0.699. The third kappa shape index (κ3) is 0.914. The van der Waals surface area contributed by atoms with E-state index in [1.807, 2.05) is 0 Å². The van der Waals surface area contributed by atoms with Crippen LogP contribution in [0.3, 0.4) is 0 Å². The van der Waals surface area contributed by atoms with Crippen LogP contribution in [0.15, 0.2) is 22.7 Å². The van der Waals surface area contributed by atoms with Crippen molar-refractivity contribution in [3.63, 3.8) is 0 Å². The molecule has 2 rings (SSSR count). The zero-order valence-corrected chi connectivity index (χ0v) is 5.89. The van der Waals surface area contributed by atoms with Crippen molar-refractivity contribution in [2.75, 3.05) is 0 Å². The van der Waals surface area contributed by atoms with Gasteiger partial charge < -0.3 is 9.52 Å². The second kappa shape index (κ2) is 2.30. The zero-order valence-electron chi connectivity index (χ0n) is 5.89. The molecule has 2 aromatic rings. The zero-order chi connectivity index (χ0) is 8.55. The Hall–Kier alpha value is -1.91. The monoisotopic (exact) mass is 164 g/mol. The van der Waals surface area contributed by atoms with E-state index in [9.17, 15) is 4.79 Å². The van der Waals surface area contributed by atoms with Gasteiger partial charge in [-0.2, -0.15) is 4.98 Å². The summed E-state index contributed by atoms with van der Waals surface area (Å²) >= 11 is 0. The molecule has 0 aliphatic rings. The summed E-state index contributed by atoms with van der Waals surface area (Å²) in [4.78, 5) is 17.8. The van der Waals surface area contributed by atoms with Crippen LogP contribution in [0.25, 0.3) is 11.2 Å². The average molecular weight is 164 g/mol. The highest BCUT2D eigenvalue weighted by Crippen LogP contribution is 2.11. The van der Waals surface area contributed by atoms with Crippen LogP contribution in [0.2, 0.25) is 0 Å². The van der Waals surface area contributed by atoms with Crippen LogP contribution in [0, 0.1) is 0 Å². The van der Waals surface area contributed by atoms with Crippen LogP contribution in [-0.4, -0.2) is 21.0 Å². The Balaban J connectivity index is 2.70. The number of aromatic carboxylic acids is 1. The highest BCUT2D eigenvalue weighted by atomic mass is 16.4. The topological polar surface area (TPSA) is 76.2 Å². The molecular weight excluding hydrogens is 160 g/mol. The first-order chi connectivity index (χ1) is 5.77. The summed E-state index contributed by atoms with van der Waals surface area (Å²) in [6.45, 7) is 0. The number of fused-ring (bicyclic) bond motifs is 1. The molecule has 0 aromatic carbocycles. The van der Waals surface area contributed by atoms with Gasteiger partial charge in [0.15, 0.2) is 11.2 Å². The molecule has 2 heterocycles. The number of carboxylic acids is 1. The van der Waals surface area contributed by atoms with Gasteiger partial charge in [0.25, 0.3) is 0 Å². The molecule has 0 aliphatic carbocycles. The lowest BCUT2D eigenvalue weighted by Crippen LogP contribution is -1.94. The number of aromatic nitrogens is 2. The summed E-state index contributed by atoms with van der Waals surface area (Å²) in [5.74, 6) is -1.52. The number of carboxylic acid groups (broad SMARTS) is 1. The minimum absolute atomic E-state index is 0.315. The smallest absolute Gasteiger partial charge is 0.392 e. The first-order valence-corrected chi connectivity index (χ1v) is 3.22. The molecule has 2 aromatic heterocycles. The highest BCUT2D eigenvalue weighted by Gasteiger charge is 2.11. The average Bonchev–Trinajstić information content (AvgIpc) is 2.46. The molecule has 0 bridgehead atoms. The Bertz CT molecular complexity index is 402. The molecular formula is C7H4N2O3. The van der Waals surface area contributed by atoms with E-state index >= 15 is 0 Å². The van der Waals surface area contributed by atoms with E-state index in [-0.39, 0.29) is 5.89 Å². The molecule has 0 radical (unpaired) electrons. The predicted octanol–water partition coefficient (Wildman–Crippen LogP) is 0.921. The standard InChI is InChI=1S/C7H4N2O3/c10-7(11)6-9-5-4(12-6)2-1-3-8-5/h1-3H,(H,10,11). The van der Waals surface area contributed by atoms with Crippen LogP contribution in [-0.2, 0) is 0 Å². The second-order valence-corrected chi connectivity index (χ2v) is 2.15. The maximum Gasteiger partial charge on any atom is 0.392 e. The molecule has 0 saturated heterocycles. The molecule has 0 saturated carbocycles. The van der Waals surface area contributed by atoms with Crippen molar-refractivity contribution in [2.24, 2.45) is 0 Å². The Kier molecular flexibility index (Phi) is 1.30. The molecule has 1 N–H and O–H groups in total. The Morgan fingerprint density at radius 3 is 3.08 bits per heavy atom. The number of hydrogen-bond acceptors (Lipinski definition) is 4. The quantitative estimate of drug-likeness (QED) is 0.678. The van der Waals surface area contributed by atoms with Crippen molar-refractivity contribution in [1.82, 2.24) is 9.97 Å². The number of pyridine rings is 1. The van der Waals surface area contributed by atoms with Crippen molar-refractivity contribution >= 4 is 17.2 Å². The summed E-state index contributed by atoms with van der Waals surface area (Å²) in [7, 11) is 0. The van der Waals surface area contributed by atoms with E-state index in [0.29, 0.717) is 11.2 Å². The van der Waals surface area contributed by atoms with E-state index in [1.54, 1.807) is 12.1 Å². The van der Waals surface area contributed by atoms with Crippen molar-refractivity contribution in [3.05, 3.63) is 24.2 Å². The van der Waals surface area contributed by atoms with Gasteiger partial charge >= 0.3 is 11.9 Å². The number of carbonyl (C=O) groups is 1. The molecule has 0 aliphatic heterocycles. The second-order valence-electron chi connectivity index (χ2n) is 2.15. The SMILES string of the molecule is O=C(O)c1nc2ncccc2o1. The van der Waals surface area contributed by atoms with E-state index in [2.05, 4.69) is 9.97 Å². The van der Waals surface area contributed by atoms with Crippen molar-refractivity contribution in [1.29, 1.82) is 0 Å². The summed E-state index contributed by atoms with van der Waals surface area (Å²) in [6.07, 6.45) is 1.52. The minimum atomic E-state index is -1.19. The lowest BCUT2D eigenvalue weighted by molar-refractivity contribution is 0.0656. The van der Waals surface area contributed by atoms with E-state index < -0.39 is 5.97 Å². The van der Waals surface area contributed by atoms with Gasteiger partial charge in [-0.25, -0.2) is 9.78 Å². The normalized spacial score (nSPS) is 10.3. The van der Waals surface area contributed by atoms with E-state index in [0.717, 1.165) is 0 Å².